The van der Waals surface area contributed by atoms with Gasteiger partial charge in [-0.2, -0.15) is 0 Å². The van der Waals surface area contributed by atoms with E-state index in [1.807, 2.05) is 12.3 Å². The summed E-state index contributed by atoms with van der Waals surface area (Å²) in [5.74, 6) is 2.95. The minimum absolute atomic E-state index is 0.650. The van der Waals surface area contributed by atoms with Crippen LogP contribution in [0, 0.1) is 24.7 Å². The molecule has 0 radical (unpaired) electrons. The van der Waals surface area contributed by atoms with E-state index in [-0.39, 0.29) is 0 Å². The number of rotatable bonds is 6. The fourth-order valence-electron chi connectivity index (χ4n) is 4.26. The van der Waals surface area contributed by atoms with Crippen LogP contribution in [0.3, 0.4) is 0 Å². The molecule has 1 N–H and O–H groups in total. The SMILES string of the molecule is CCCNC(Cc1ncccc1C)C1C2CCCCC21. The number of nitrogens with one attached hydrogen (secondary N) is 1. The van der Waals surface area contributed by atoms with Crippen LogP contribution in [0.15, 0.2) is 18.3 Å². The molecule has 2 fully saturated rings. The van der Waals surface area contributed by atoms with Crippen molar-refractivity contribution in [2.45, 2.75) is 58.4 Å². The Morgan fingerprint density at radius 1 is 1.30 bits per heavy atom. The lowest BCUT2D eigenvalue weighted by Gasteiger charge is -2.19. The van der Waals surface area contributed by atoms with Gasteiger partial charge in [-0.15, -0.1) is 0 Å². The zero-order chi connectivity index (χ0) is 13.9. The molecule has 0 aliphatic heterocycles. The average molecular weight is 272 g/mol. The van der Waals surface area contributed by atoms with E-state index in [1.54, 1.807) is 0 Å². The average Bonchev–Trinajstić information content (AvgIpc) is 3.20. The summed E-state index contributed by atoms with van der Waals surface area (Å²) in [5.41, 5.74) is 2.64. The molecule has 3 rings (SSSR count). The molecule has 0 bridgehead atoms. The largest absolute Gasteiger partial charge is 0.313 e. The van der Waals surface area contributed by atoms with Crippen LogP contribution in [-0.4, -0.2) is 17.6 Å². The fraction of sp³-hybridized carbons (Fsp3) is 0.722. The highest BCUT2D eigenvalue weighted by molar-refractivity contribution is 5.20. The molecule has 2 aliphatic rings. The molecule has 3 atom stereocenters. The second-order valence-electron chi connectivity index (χ2n) is 6.72. The Morgan fingerprint density at radius 2 is 2.05 bits per heavy atom. The molecule has 1 aromatic rings. The van der Waals surface area contributed by atoms with Gasteiger partial charge < -0.3 is 5.32 Å². The smallest absolute Gasteiger partial charge is 0.0448 e. The van der Waals surface area contributed by atoms with Gasteiger partial charge in [0.05, 0.1) is 0 Å². The third-order valence-electron chi connectivity index (χ3n) is 5.38. The lowest BCUT2D eigenvalue weighted by molar-refractivity contribution is 0.424. The molecule has 1 heterocycles. The Kier molecular flexibility index (Phi) is 4.40. The van der Waals surface area contributed by atoms with Crippen LogP contribution in [0.4, 0.5) is 0 Å². The summed E-state index contributed by atoms with van der Waals surface area (Å²) in [6.45, 7) is 5.60. The molecule has 2 saturated carbocycles. The normalized spacial score (nSPS) is 29.8. The first kappa shape index (κ1) is 14.1. The molecule has 20 heavy (non-hydrogen) atoms. The summed E-state index contributed by atoms with van der Waals surface area (Å²) in [6.07, 6.45) is 10.1. The van der Waals surface area contributed by atoms with Gasteiger partial charge in [0.15, 0.2) is 0 Å². The Bertz CT molecular complexity index is 431. The summed E-state index contributed by atoms with van der Waals surface area (Å²) < 4.78 is 0. The van der Waals surface area contributed by atoms with Gasteiger partial charge in [0.1, 0.15) is 0 Å². The summed E-state index contributed by atoms with van der Waals surface area (Å²) in [6, 6.07) is 4.89. The van der Waals surface area contributed by atoms with Crippen LogP contribution in [0.25, 0.3) is 0 Å². The van der Waals surface area contributed by atoms with Crippen molar-refractivity contribution in [3.8, 4) is 0 Å². The zero-order valence-electron chi connectivity index (χ0n) is 12.9. The van der Waals surface area contributed by atoms with Crippen LogP contribution < -0.4 is 5.32 Å². The first-order chi connectivity index (χ1) is 9.81. The standard InChI is InChI=1S/C18H28N2/c1-3-10-19-17(12-16-13(2)7-6-11-20-16)18-14-8-4-5-9-15(14)18/h6-7,11,14-15,17-19H,3-5,8-10,12H2,1-2H3. The second kappa shape index (κ2) is 6.26. The van der Waals surface area contributed by atoms with Gasteiger partial charge in [0.2, 0.25) is 0 Å². The molecule has 110 valence electrons. The number of aryl methyl sites for hydroxylation is 1. The molecule has 0 spiro atoms. The molecule has 0 saturated heterocycles. The van der Waals surface area contributed by atoms with Crippen molar-refractivity contribution < 1.29 is 0 Å². The highest BCUT2D eigenvalue weighted by atomic mass is 14.9. The molecule has 1 aromatic heterocycles. The maximum Gasteiger partial charge on any atom is 0.0448 e. The molecule has 0 aromatic carbocycles. The van der Waals surface area contributed by atoms with Crippen LogP contribution >= 0.6 is 0 Å². The van der Waals surface area contributed by atoms with E-state index in [4.69, 9.17) is 0 Å². The third kappa shape index (κ3) is 2.90. The lowest BCUT2D eigenvalue weighted by atomic mass is 10.0. The Hall–Kier alpha value is -0.890. The molecule has 2 heteroatoms. The van der Waals surface area contributed by atoms with Gasteiger partial charge >= 0.3 is 0 Å². The maximum atomic E-state index is 4.61. The number of fused-ring (bicyclic) bond motifs is 1. The quantitative estimate of drug-likeness (QED) is 0.853. The number of pyridine rings is 1. The van der Waals surface area contributed by atoms with Gasteiger partial charge in [-0.25, -0.2) is 0 Å². The van der Waals surface area contributed by atoms with Crippen LogP contribution in [0.5, 0.6) is 0 Å². The van der Waals surface area contributed by atoms with Crippen molar-refractivity contribution >= 4 is 0 Å². The first-order valence-electron chi connectivity index (χ1n) is 8.45. The van der Waals surface area contributed by atoms with E-state index in [0.717, 1.165) is 30.7 Å². The van der Waals surface area contributed by atoms with Crippen molar-refractivity contribution in [1.29, 1.82) is 0 Å². The highest BCUT2D eigenvalue weighted by Gasteiger charge is 2.53. The van der Waals surface area contributed by atoms with Gasteiger partial charge in [-0.05, 0) is 62.1 Å². The van der Waals surface area contributed by atoms with Gasteiger partial charge in [-0.1, -0.05) is 25.8 Å². The number of hydrogen-bond acceptors (Lipinski definition) is 2. The Labute approximate surface area is 123 Å². The zero-order valence-corrected chi connectivity index (χ0v) is 12.9. The van der Waals surface area contributed by atoms with Crippen LogP contribution in [0.1, 0.15) is 50.3 Å². The van der Waals surface area contributed by atoms with Crippen molar-refractivity contribution in [3.63, 3.8) is 0 Å². The second-order valence-corrected chi connectivity index (χ2v) is 6.72. The highest BCUT2D eigenvalue weighted by Crippen LogP contribution is 2.57. The van der Waals surface area contributed by atoms with Gasteiger partial charge in [0, 0.05) is 24.4 Å². The van der Waals surface area contributed by atoms with Crippen LogP contribution in [0.2, 0.25) is 0 Å². The van der Waals surface area contributed by atoms with Crippen molar-refractivity contribution in [2.24, 2.45) is 17.8 Å². The lowest BCUT2D eigenvalue weighted by Crippen LogP contribution is -2.35. The van der Waals surface area contributed by atoms with Crippen molar-refractivity contribution in [2.75, 3.05) is 6.54 Å². The summed E-state index contributed by atoms with van der Waals surface area (Å²) >= 11 is 0. The summed E-state index contributed by atoms with van der Waals surface area (Å²) in [5, 5.41) is 3.82. The monoisotopic (exact) mass is 272 g/mol. The Balaban J connectivity index is 1.69. The topological polar surface area (TPSA) is 24.9 Å². The number of hydrogen-bond donors (Lipinski definition) is 1. The first-order valence-corrected chi connectivity index (χ1v) is 8.45. The predicted octanol–water partition coefficient (Wildman–Crippen LogP) is 3.74. The Morgan fingerprint density at radius 3 is 2.70 bits per heavy atom. The van der Waals surface area contributed by atoms with E-state index >= 15 is 0 Å². The minimum Gasteiger partial charge on any atom is -0.313 e. The minimum atomic E-state index is 0.650. The molecule has 2 aliphatic carbocycles. The predicted molar refractivity (Wildman–Crippen MR) is 83.7 cm³/mol. The molecule has 0 amide bonds. The van der Waals surface area contributed by atoms with Crippen LogP contribution in [-0.2, 0) is 6.42 Å². The van der Waals surface area contributed by atoms with E-state index in [2.05, 4.69) is 30.2 Å². The molecular weight excluding hydrogens is 244 g/mol. The van der Waals surface area contributed by atoms with Crippen molar-refractivity contribution in [3.05, 3.63) is 29.6 Å². The van der Waals surface area contributed by atoms with E-state index < -0.39 is 0 Å². The number of nitrogens with zero attached hydrogens (tertiary/aromatic N) is 1. The van der Waals surface area contributed by atoms with E-state index in [1.165, 1.54) is 43.4 Å². The molecular formula is C18H28N2. The maximum absolute atomic E-state index is 4.61. The fourth-order valence-corrected chi connectivity index (χ4v) is 4.26. The number of aromatic nitrogens is 1. The van der Waals surface area contributed by atoms with Crippen molar-refractivity contribution in [1.82, 2.24) is 10.3 Å². The molecule has 2 nitrogen and oxygen atoms in total. The van der Waals surface area contributed by atoms with Gasteiger partial charge in [0.25, 0.3) is 0 Å². The summed E-state index contributed by atoms with van der Waals surface area (Å²) in [7, 11) is 0. The van der Waals surface area contributed by atoms with E-state index in [0.29, 0.717) is 6.04 Å². The van der Waals surface area contributed by atoms with E-state index in [9.17, 15) is 0 Å². The molecule has 3 unspecified atom stereocenters. The van der Waals surface area contributed by atoms with Gasteiger partial charge in [-0.3, -0.25) is 4.98 Å². The third-order valence-corrected chi connectivity index (χ3v) is 5.38. The summed E-state index contributed by atoms with van der Waals surface area (Å²) in [4.78, 5) is 4.61.